The second-order valence-electron chi connectivity index (χ2n) is 4.41. The maximum atomic E-state index is 10.9. The van der Waals surface area contributed by atoms with Gasteiger partial charge in [0, 0.05) is 28.3 Å². The average molecular weight is 284 g/mol. The van der Waals surface area contributed by atoms with Crippen molar-refractivity contribution in [2.45, 2.75) is 29.2 Å². The fourth-order valence-electron chi connectivity index (χ4n) is 3.08. The SMILES string of the molecule is O=[N+]([O-])c1cccc2c1C1CC(Br)C2C1O. The predicted molar refractivity (Wildman–Crippen MR) is 61.9 cm³/mol. The number of aliphatic hydroxyl groups is 1. The van der Waals surface area contributed by atoms with E-state index in [1.807, 2.05) is 6.07 Å². The molecule has 2 bridgehead atoms. The lowest BCUT2D eigenvalue weighted by atomic mass is 9.90. The normalized spacial score (nSPS) is 35.1. The Balaban J connectivity index is 2.21. The monoisotopic (exact) mass is 283 g/mol. The number of nitrogens with zero attached hydrogens (tertiary/aromatic N) is 1. The van der Waals surface area contributed by atoms with Crippen LogP contribution in [0.3, 0.4) is 0 Å². The van der Waals surface area contributed by atoms with Gasteiger partial charge < -0.3 is 5.11 Å². The van der Waals surface area contributed by atoms with E-state index < -0.39 is 6.10 Å². The number of benzene rings is 1. The number of nitro benzene ring substituents is 1. The van der Waals surface area contributed by atoms with Crippen LogP contribution < -0.4 is 0 Å². The van der Waals surface area contributed by atoms with Crippen LogP contribution in [-0.4, -0.2) is 21.0 Å². The molecule has 5 heteroatoms. The second kappa shape index (κ2) is 3.28. The molecule has 2 aliphatic rings. The van der Waals surface area contributed by atoms with Gasteiger partial charge in [0.1, 0.15) is 0 Å². The van der Waals surface area contributed by atoms with Crippen LogP contribution in [0.5, 0.6) is 0 Å². The minimum atomic E-state index is -0.472. The van der Waals surface area contributed by atoms with Gasteiger partial charge in [-0.15, -0.1) is 0 Å². The first-order chi connectivity index (χ1) is 7.61. The summed E-state index contributed by atoms with van der Waals surface area (Å²) in [5.41, 5.74) is 1.85. The molecule has 2 aliphatic carbocycles. The molecule has 1 aromatic rings. The first-order valence-electron chi connectivity index (χ1n) is 5.20. The van der Waals surface area contributed by atoms with Crippen LogP contribution in [0.1, 0.15) is 29.4 Å². The molecule has 0 aromatic heterocycles. The zero-order chi connectivity index (χ0) is 11.4. The molecule has 1 fully saturated rings. The van der Waals surface area contributed by atoms with Crippen molar-refractivity contribution in [1.82, 2.24) is 0 Å². The van der Waals surface area contributed by atoms with Crippen molar-refractivity contribution in [3.8, 4) is 0 Å². The van der Waals surface area contributed by atoms with E-state index in [-0.39, 0.29) is 27.3 Å². The van der Waals surface area contributed by atoms with Gasteiger partial charge in [0.05, 0.1) is 11.0 Å². The Hall–Kier alpha value is -0.940. The molecule has 1 aromatic carbocycles. The molecule has 0 amide bonds. The maximum absolute atomic E-state index is 10.9. The van der Waals surface area contributed by atoms with E-state index >= 15 is 0 Å². The predicted octanol–water partition coefficient (Wildman–Crippen LogP) is 2.30. The molecule has 4 unspecified atom stereocenters. The lowest BCUT2D eigenvalue weighted by molar-refractivity contribution is -0.385. The summed E-state index contributed by atoms with van der Waals surface area (Å²) in [5, 5.41) is 21.0. The van der Waals surface area contributed by atoms with Gasteiger partial charge >= 0.3 is 0 Å². The number of halogens is 1. The third kappa shape index (κ3) is 1.13. The summed E-state index contributed by atoms with van der Waals surface area (Å²) < 4.78 is 0. The van der Waals surface area contributed by atoms with Crippen LogP contribution in [0.4, 0.5) is 5.69 Å². The van der Waals surface area contributed by atoms with Crippen LogP contribution in [0.2, 0.25) is 0 Å². The molecule has 0 aliphatic heterocycles. The van der Waals surface area contributed by atoms with Gasteiger partial charge in [-0.2, -0.15) is 0 Å². The van der Waals surface area contributed by atoms with Crippen LogP contribution >= 0.6 is 15.9 Å². The van der Waals surface area contributed by atoms with Crippen LogP contribution in [-0.2, 0) is 0 Å². The van der Waals surface area contributed by atoms with Crippen LogP contribution in [0.25, 0.3) is 0 Å². The van der Waals surface area contributed by atoms with Crippen molar-refractivity contribution < 1.29 is 10.0 Å². The van der Waals surface area contributed by atoms with Gasteiger partial charge in [-0.25, -0.2) is 0 Å². The van der Waals surface area contributed by atoms with Crippen molar-refractivity contribution in [3.05, 3.63) is 39.4 Å². The van der Waals surface area contributed by atoms with Crippen molar-refractivity contribution in [2.75, 3.05) is 0 Å². The number of hydrogen-bond donors (Lipinski definition) is 1. The number of nitro groups is 1. The van der Waals surface area contributed by atoms with Crippen molar-refractivity contribution in [3.63, 3.8) is 0 Å². The molecule has 4 nitrogen and oxygen atoms in total. The topological polar surface area (TPSA) is 63.4 Å². The third-order valence-corrected chi connectivity index (χ3v) is 4.64. The average Bonchev–Trinajstić information content (AvgIpc) is 2.67. The van der Waals surface area contributed by atoms with Gasteiger partial charge in [0.25, 0.3) is 5.69 Å². The highest BCUT2D eigenvalue weighted by Crippen LogP contribution is 2.57. The lowest BCUT2D eigenvalue weighted by Crippen LogP contribution is -2.13. The summed E-state index contributed by atoms with van der Waals surface area (Å²) in [6.45, 7) is 0. The molecule has 1 N–H and O–H groups in total. The minimum absolute atomic E-state index is 0.0138. The molecule has 3 rings (SSSR count). The number of aliphatic hydroxyl groups excluding tert-OH is 1. The summed E-state index contributed by atoms with van der Waals surface area (Å²) in [6.07, 6.45) is 0.310. The van der Waals surface area contributed by atoms with Gasteiger partial charge in [0.2, 0.25) is 0 Å². The van der Waals surface area contributed by atoms with E-state index in [1.165, 1.54) is 6.07 Å². The molecule has 1 saturated carbocycles. The van der Waals surface area contributed by atoms with E-state index in [4.69, 9.17) is 0 Å². The van der Waals surface area contributed by atoms with Crippen molar-refractivity contribution in [1.29, 1.82) is 0 Å². The molecule has 0 heterocycles. The third-order valence-electron chi connectivity index (χ3n) is 3.69. The molecular weight excluding hydrogens is 274 g/mol. The first kappa shape index (κ1) is 10.2. The largest absolute Gasteiger partial charge is 0.392 e. The fourth-order valence-corrected chi connectivity index (χ4v) is 4.08. The highest BCUT2D eigenvalue weighted by Gasteiger charge is 2.52. The Kier molecular flexibility index (Phi) is 2.09. The number of fused-ring (bicyclic) bond motifs is 5. The summed E-state index contributed by atoms with van der Waals surface area (Å²) in [4.78, 5) is 10.8. The number of alkyl halides is 1. The maximum Gasteiger partial charge on any atom is 0.273 e. The molecule has 84 valence electrons. The lowest BCUT2D eigenvalue weighted by Gasteiger charge is -2.18. The zero-order valence-corrected chi connectivity index (χ0v) is 9.92. The standard InChI is InChI=1S/C11H10BrNO3/c12-7-4-6-9-5(10(7)11(6)14)2-1-3-8(9)13(15)16/h1-3,6-7,10-11,14H,4H2. The van der Waals surface area contributed by atoms with Crippen molar-refractivity contribution >= 4 is 21.6 Å². The fraction of sp³-hybridized carbons (Fsp3) is 0.455. The van der Waals surface area contributed by atoms with E-state index in [1.54, 1.807) is 6.07 Å². The number of rotatable bonds is 1. The van der Waals surface area contributed by atoms with E-state index in [0.29, 0.717) is 0 Å². The van der Waals surface area contributed by atoms with E-state index in [0.717, 1.165) is 17.5 Å². The second-order valence-corrected chi connectivity index (χ2v) is 5.59. The minimum Gasteiger partial charge on any atom is -0.392 e. The van der Waals surface area contributed by atoms with Gasteiger partial charge in [-0.05, 0) is 12.0 Å². The molecule has 16 heavy (non-hydrogen) atoms. The Morgan fingerprint density at radius 3 is 2.94 bits per heavy atom. The van der Waals surface area contributed by atoms with E-state index in [2.05, 4.69) is 15.9 Å². The van der Waals surface area contributed by atoms with Crippen molar-refractivity contribution in [2.24, 2.45) is 0 Å². The zero-order valence-electron chi connectivity index (χ0n) is 8.34. The molecule has 4 atom stereocenters. The molecular formula is C11H10BrNO3. The van der Waals surface area contributed by atoms with Crippen LogP contribution in [0.15, 0.2) is 18.2 Å². The Morgan fingerprint density at radius 2 is 2.25 bits per heavy atom. The Bertz CT molecular complexity index is 476. The summed E-state index contributed by atoms with van der Waals surface area (Å²) in [6, 6.07) is 5.11. The number of hydrogen-bond acceptors (Lipinski definition) is 3. The summed E-state index contributed by atoms with van der Waals surface area (Å²) in [5.74, 6) is -0.0640. The molecule has 0 saturated heterocycles. The van der Waals surface area contributed by atoms with Gasteiger partial charge in [-0.3, -0.25) is 10.1 Å². The highest BCUT2D eigenvalue weighted by atomic mass is 79.9. The van der Waals surface area contributed by atoms with Crippen LogP contribution in [0, 0.1) is 10.1 Å². The Morgan fingerprint density at radius 1 is 1.50 bits per heavy atom. The quantitative estimate of drug-likeness (QED) is 0.489. The molecule has 0 spiro atoms. The summed E-state index contributed by atoms with van der Waals surface area (Å²) >= 11 is 3.54. The highest BCUT2D eigenvalue weighted by molar-refractivity contribution is 9.09. The van der Waals surface area contributed by atoms with Gasteiger partial charge in [-0.1, -0.05) is 28.1 Å². The van der Waals surface area contributed by atoms with E-state index in [9.17, 15) is 15.2 Å². The van der Waals surface area contributed by atoms with Gasteiger partial charge in [0.15, 0.2) is 0 Å². The molecule has 0 radical (unpaired) electrons. The first-order valence-corrected chi connectivity index (χ1v) is 6.12. The Labute approximate surface area is 101 Å². The smallest absolute Gasteiger partial charge is 0.273 e. The summed E-state index contributed by atoms with van der Waals surface area (Å²) in [7, 11) is 0.